The number of anilines is 1. The number of nitrogens with one attached hydrogen (secondary N) is 1. The van der Waals surface area contributed by atoms with Gasteiger partial charge in [-0.05, 0) is 36.9 Å². The number of carboxylic acids is 1. The van der Waals surface area contributed by atoms with E-state index in [-0.39, 0.29) is 39.0 Å². The van der Waals surface area contributed by atoms with Crippen LogP contribution in [0.1, 0.15) is 36.0 Å². The molecule has 1 aliphatic rings. The highest BCUT2D eigenvalue weighted by molar-refractivity contribution is 6.37. The maximum Gasteiger partial charge on any atom is 0.337 e. The first-order chi connectivity index (χ1) is 9.87. The van der Waals surface area contributed by atoms with Crippen LogP contribution in [0.4, 0.5) is 5.69 Å². The molecule has 21 heavy (non-hydrogen) atoms. The summed E-state index contributed by atoms with van der Waals surface area (Å²) in [5.74, 6) is -1.49. The van der Waals surface area contributed by atoms with Gasteiger partial charge in [0.05, 0.1) is 16.3 Å². The number of carbonyl (C=O) groups excluding carboxylic acids is 1. The summed E-state index contributed by atoms with van der Waals surface area (Å²) >= 11 is 11.8. The van der Waals surface area contributed by atoms with Crippen LogP contribution >= 0.6 is 23.2 Å². The number of rotatable bonds is 5. The van der Waals surface area contributed by atoms with E-state index >= 15 is 0 Å². The van der Waals surface area contributed by atoms with Gasteiger partial charge in [0.15, 0.2) is 0 Å². The zero-order valence-electron chi connectivity index (χ0n) is 11.3. The Morgan fingerprint density at radius 1 is 1.33 bits per heavy atom. The highest BCUT2D eigenvalue weighted by Gasteiger charge is 2.37. The van der Waals surface area contributed by atoms with Crippen molar-refractivity contribution in [3.05, 3.63) is 27.7 Å². The van der Waals surface area contributed by atoms with Gasteiger partial charge in [-0.1, -0.05) is 29.6 Å². The zero-order valence-corrected chi connectivity index (χ0v) is 12.8. The lowest BCUT2D eigenvalue weighted by atomic mass is 9.66. The third-order valence-electron chi connectivity index (χ3n) is 3.93. The minimum Gasteiger partial charge on any atom is -0.478 e. The molecular formula is C14H16Cl2N2O3. The molecule has 0 atom stereocenters. The van der Waals surface area contributed by atoms with E-state index in [0.717, 1.165) is 19.3 Å². The van der Waals surface area contributed by atoms with Crippen molar-refractivity contribution in [3.63, 3.8) is 0 Å². The lowest BCUT2D eigenvalue weighted by molar-refractivity contribution is -0.119. The molecule has 114 valence electrons. The molecule has 0 bridgehead atoms. The van der Waals surface area contributed by atoms with E-state index in [2.05, 4.69) is 5.32 Å². The minimum absolute atomic E-state index is 0.0741. The van der Waals surface area contributed by atoms with Gasteiger partial charge >= 0.3 is 5.97 Å². The molecule has 2 rings (SSSR count). The van der Waals surface area contributed by atoms with E-state index in [1.807, 2.05) is 0 Å². The van der Waals surface area contributed by atoms with Gasteiger partial charge in [0.25, 0.3) is 0 Å². The summed E-state index contributed by atoms with van der Waals surface area (Å²) < 4.78 is 0. The number of hydrogen-bond donors (Lipinski definition) is 3. The Kier molecular flexibility index (Phi) is 4.76. The summed E-state index contributed by atoms with van der Waals surface area (Å²) in [5.41, 5.74) is 5.51. The number of aromatic carboxylic acids is 1. The van der Waals surface area contributed by atoms with E-state index in [9.17, 15) is 14.7 Å². The normalized spacial score (nSPS) is 16.1. The number of nitrogens with two attached hydrogens (primary N) is 1. The standard InChI is InChI=1S/C14H16Cl2N2O3/c15-8-4-9(13(20)21)12(10(16)5-8)18-11(19)6-14(7-17)2-1-3-14/h4-5H,1-3,6-7,17H2,(H,18,19)(H,20,21). The molecular weight excluding hydrogens is 315 g/mol. The fourth-order valence-corrected chi connectivity index (χ4v) is 3.06. The molecule has 1 fully saturated rings. The Balaban J connectivity index is 2.19. The number of amides is 1. The van der Waals surface area contributed by atoms with Crippen molar-refractivity contribution in [2.45, 2.75) is 25.7 Å². The zero-order chi connectivity index (χ0) is 15.6. The molecule has 0 heterocycles. The maximum absolute atomic E-state index is 12.1. The second-order valence-electron chi connectivity index (χ2n) is 5.40. The average Bonchev–Trinajstić information content (AvgIpc) is 2.36. The molecule has 0 aromatic heterocycles. The molecule has 1 aromatic carbocycles. The van der Waals surface area contributed by atoms with E-state index in [4.69, 9.17) is 28.9 Å². The molecule has 0 radical (unpaired) electrons. The second-order valence-corrected chi connectivity index (χ2v) is 6.24. The van der Waals surface area contributed by atoms with Crippen molar-refractivity contribution in [1.82, 2.24) is 0 Å². The first-order valence-corrected chi connectivity index (χ1v) is 7.35. The lowest BCUT2D eigenvalue weighted by Crippen LogP contribution is -2.40. The summed E-state index contributed by atoms with van der Waals surface area (Å²) in [6.45, 7) is 0.445. The van der Waals surface area contributed by atoms with Crippen LogP contribution in [0.2, 0.25) is 10.0 Å². The van der Waals surface area contributed by atoms with Crippen molar-refractivity contribution in [1.29, 1.82) is 0 Å². The van der Waals surface area contributed by atoms with E-state index in [1.54, 1.807) is 0 Å². The highest BCUT2D eigenvalue weighted by atomic mass is 35.5. The molecule has 1 saturated carbocycles. The third kappa shape index (κ3) is 3.48. The van der Waals surface area contributed by atoms with Gasteiger partial charge in [-0.2, -0.15) is 0 Å². The Bertz CT molecular complexity index is 580. The lowest BCUT2D eigenvalue weighted by Gasteiger charge is -2.40. The Morgan fingerprint density at radius 3 is 2.48 bits per heavy atom. The smallest absolute Gasteiger partial charge is 0.337 e. The predicted octanol–water partition coefficient (Wildman–Crippen LogP) is 3.15. The summed E-state index contributed by atoms with van der Waals surface area (Å²) in [6, 6.07) is 2.65. The molecule has 5 nitrogen and oxygen atoms in total. The quantitative estimate of drug-likeness (QED) is 0.773. The highest BCUT2D eigenvalue weighted by Crippen LogP contribution is 2.43. The predicted molar refractivity (Wildman–Crippen MR) is 82.0 cm³/mol. The first kappa shape index (κ1) is 16.1. The Hall–Kier alpha value is -1.30. The molecule has 0 aliphatic heterocycles. The minimum atomic E-state index is -1.20. The third-order valence-corrected chi connectivity index (χ3v) is 4.45. The van der Waals surface area contributed by atoms with Crippen molar-refractivity contribution >= 4 is 40.8 Å². The Morgan fingerprint density at radius 2 is 2.00 bits per heavy atom. The number of benzene rings is 1. The van der Waals surface area contributed by atoms with Gasteiger partial charge in [-0.15, -0.1) is 0 Å². The van der Waals surface area contributed by atoms with Crippen LogP contribution in [-0.2, 0) is 4.79 Å². The topological polar surface area (TPSA) is 92.4 Å². The van der Waals surface area contributed by atoms with Crippen molar-refractivity contribution in [3.8, 4) is 0 Å². The fourth-order valence-electron chi connectivity index (χ4n) is 2.52. The van der Waals surface area contributed by atoms with Crippen molar-refractivity contribution < 1.29 is 14.7 Å². The van der Waals surface area contributed by atoms with Gasteiger partial charge in [0.1, 0.15) is 0 Å². The fraction of sp³-hybridized carbons (Fsp3) is 0.429. The van der Waals surface area contributed by atoms with Crippen LogP contribution < -0.4 is 11.1 Å². The largest absolute Gasteiger partial charge is 0.478 e. The molecule has 7 heteroatoms. The van der Waals surface area contributed by atoms with Crippen LogP contribution in [-0.4, -0.2) is 23.5 Å². The monoisotopic (exact) mass is 330 g/mol. The summed E-state index contributed by atoms with van der Waals surface area (Å²) in [6.07, 6.45) is 3.15. The maximum atomic E-state index is 12.1. The number of hydrogen-bond acceptors (Lipinski definition) is 3. The summed E-state index contributed by atoms with van der Waals surface area (Å²) in [5, 5.41) is 12.1. The number of halogens is 2. The summed E-state index contributed by atoms with van der Waals surface area (Å²) in [4.78, 5) is 23.4. The van der Waals surface area contributed by atoms with Crippen LogP contribution in [0.3, 0.4) is 0 Å². The first-order valence-electron chi connectivity index (χ1n) is 6.59. The molecule has 0 saturated heterocycles. The van der Waals surface area contributed by atoms with Crippen LogP contribution in [0.5, 0.6) is 0 Å². The van der Waals surface area contributed by atoms with E-state index in [1.165, 1.54) is 12.1 Å². The van der Waals surface area contributed by atoms with Gasteiger partial charge in [-0.3, -0.25) is 4.79 Å². The van der Waals surface area contributed by atoms with Crippen molar-refractivity contribution in [2.75, 3.05) is 11.9 Å². The molecule has 0 unspecified atom stereocenters. The van der Waals surface area contributed by atoms with Gasteiger partial charge in [0, 0.05) is 11.4 Å². The van der Waals surface area contributed by atoms with E-state index < -0.39 is 5.97 Å². The molecule has 1 aliphatic carbocycles. The molecule has 1 aromatic rings. The SMILES string of the molecule is NCC1(CC(=O)Nc2c(Cl)cc(Cl)cc2C(=O)O)CCC1. The second kappa shape index (κ2) is 6.22. The number of carbonyl (C=O) groups is 2. The molecule has 1 amide bonds. The Labute approximate surface area is 132 Å². The average molecular weight is 331 g/mol. The van der Waals surface area contributed by atoms with Gasteiger partial charge < -0.3 is 16.2 Å². The van der Waals surface area contributed by atoms with E-state index in [0.29, 0.717) is 6.54 Å². The number of carboxylic acid groups (broad SMARTS) is 1. The molecule has 4 N–H and O–H groups in total. The van der Waals surface area contributed by atoms with Crippen LogP contribution in [0, 0.1) is 5.41 Å². The molecule has 0 spiro atoms. The van der Waals surface area contributed by atoms with Crippen molar-refractivity contribution in [2.24, 2.45) is 11.1 Å². The van der Waals surface area contributed by atoms with Crippen LogP contribution in [0.25, 0.3) is 0 Å². The van der Waals surface area contributed by atoms with Gasteiger partial charge in [0.2, 0.25) is 5.91 Å². The van der Waals surface area contributed by atoms with Crippen LogP contribution in [0.15, 0.2) is 12.1 Å². The van der Waals surface area contributed by atoms with Gasteiger partial charge in [-0.25, -0.2) is 4.79 Å². The summed E-state index contributed by atoms with van der Waals surface area (Å²) in [7, 11) is 0.